The van der Waals surface area contributed by atoms with Gasteiger partial charge >= 0.3 is 18.3 Å². The molecule has 0 spiro atoms. The van der Waals surface area contributed by atoms with Crippen LogP contribution in [0.3, 0.4) is 0 Å². The van der Waals surface area contributed by atoms with E-state index < -0.39 is 41.0 Å². The first-order chi connectivity index (χ1) is 17.1. The Morgan fingerprint density at radius 1 is 1.03 bits per heavy atom. The summed E-state index contributed by atoms with van der Waals surface area (Å²) in [5, 5.41) is 2.30. The highest BCUT2D eigenvalue weighted by atomic mass is 19.4. The molecule has 3 saturated carbocycles. The van der Waals surface area contributed by atoms with Crippen LogP contribution in [-0.4, -0.2) is 18.0 Å². The number of anilines is 1. The van der Waals surface area contributed by atoms with Crippen LogP contribution in [0.15, 0.2) is 30.4 Å². The van der Waals surface area contributed by atoms with E-state index in [4.69, 9.17) is 4.74 Å². The van der Waals surface area contributed by atoms with Crippen LogP contribution in [0.1, 0.15) is 63.5 Å². The van der Waals surface area contributed by atoms with Crippen molar-refractivity contribution in [2.75, 3.05) is 5.32 Å². The summed E-state index contributed by atoms with van der Waals surface area (Å²) in [6.07, 6.45) is -2.39. The van der Waals surface area contributed by atoms with E-state index in [9.17, 15) is 35.9 Å². The number of carbonyl (C=O) groups excluding carboxylic acids is 2. The summed E-state index contributed by atoms with van der Waals surface area (Å²) in [4.78, 5) is 25.0. The maximum Gasteiger partial charge on any atom is 0.418 e. The lowest BCUT2D eigenvalue weighted by atomic mass is 9.49. The number of esters is 1. The Kier molecular flexibility index (Phi) is 5.99. The first-order valence-corrected chi connectivity index (χ1v) is 12.6. The molecule has 0 radical (unpaired) electrons. The molecule has 1 unspecified atom stereocenters. The van der Waals surface area contributed by atoms with E-state index >= 15 is 0 Å². The molecule has 1 aromatic carbocycles. The molecular weight excluding hydrogens is 500 g/mol. The van der Waals surface area contributed by atoms with Crippen molar-refractivity contribution in [3.63, 3.8) is 0 Å². The number of fused-ring (bicyclic) bond motifs is 5. The van der Waals surface area contributed by atoms with Gasteiger partial charge in [-0.25, -0.2) is 4.79 Å². The molecule has 4 nitrogen and oxygen atoms in total. The molecule has 202 valence electrons. The molecule has 3 aliphatic carbocycles. The van der Waals surface area contributed by atoms with Crippen LogP contribution in [0.2, 0.25) is 0 Å². The molecule has 3 fully saturated rings. The quantitative estimate of drug-likeness (QED) is 0.332. The minimum atomic E-state index is -5.06. The molecule has 1 amide bonds. The predicted molar refractivity (Wildman–Crippen MR) is 122 cm³/mol. The van der Waals surface area contributed by atoms with E-state index in [0.29, 0.717) is 25.0 Å². The topological polar surface area (TPSA) is 55.4 Å². The third-order valence-electron chi connectivity index (χ3n) is 9.58. The fraction of sp³-hybridized carbons (Fsp3) is 0.630. The average molecular weight is 530 g/mol. The lowest BCUT2D eigenvalue weighted by molar-refractivity contribution is -0.166. The minimum Gasteiger partial charge on any atom is -0.458 e. The lowest BCUT2D eigenvalue weighted by Gasteiger charge is -2.57. The molecule has 0 aromatic heterocycles. The van der Waals surface area contributed by atoms with Gasteiger partial charge in [0.25, 0.3) is 0 Å². The molecule has 4 aliphatic rings. The summed E-state index contributed by atoms with van der Waals surface area (Å²) in [6.45, 7) is 4.24. The zero-order chi connectivity index (χ0) is 27.0. The van der Waals surface area contributed by atoms with E-state index in [2.05, 4.69) is 19.2 Å². The summed E-state index contributed by atoms with van der Waals surface area (Å²) in [5.74, 6) is -0.731. The van der Waals surface area contributed by atoms with Crippen molar-refractivity contribution in [3.8, 4) is 0 Å². The molecule has 1 aromatic rings. The standard InChI is InChI=1S/C27H29F6NO3/c1-24-9-7-17-16(4-6-21-25(17,2)10-8-22(35)37-21)18(24)11-14(13-24)23(36)34-20-5-3-15(26(28,29)30)12-19(20)27(31,32)33/h3,5,8,10,12,14,16-18,21H,4,6-7,9,11,13H2,1-2H3,(H,34,36)/t14-,16+,17-,18-,21?,24+,25+/m0/s1. The number of ether oxygens (including phenoxy) is 1. The number of halogens is 6. The molecule has 0 bridgehead atoms. The Balaban J connectivity index is 1.36. The largest absolute Gasteiger partial charge is 0.458 e. The van der Waals surface area contributed by atoms with Gasteiger partial charge in [-0.2, -0.15) is 26.3 Å². The van der Waals surface area contributed by atoms with E-state index in [-0.39, 0.29) is 46.7 Å². The van der Waals surface area contributed by atoms with Gasteiger partial charge in [-0.1, -0.05) is 19.9 Å². The van der Waals surface area contributed by atoms with Gasteiger partial charge < -0.3 is 10.1 Å². The summed E-state index contributed by atoms with van der Waals surface area (Å²) in [7, 11) is 0. The Morgan fingerprint density at radius 2 is 1.76 bits per heavy atom. The minimum absolute atomic E-state index is 0.0413. The Morgan fingerprint density at radius 3 is 2.43 bits per heavy atom. The SMILES string of the molecule is C[C@]12CC[C@H]3[C@@H](CCC4OC(=O)C=C[C@@]43C)[C@@H]1C[C@H](C(=O)Nc1ccc(C(F)(F)F)cc1C(F)(F)F)C2. The molecule has 0 saturated heterocycles. The smallest absolute Gasteiger partial charge is 0.418 e. The molecule has 1 heterocycles. The molecule has 10 heteroatoms. The Hall–Kier alpha value is -2.52. The van der Waals surface area contributed by atoms with Crippen molar-refractivity contribution < 1.29 is 40.7 Å². The van der Waals surface area contributed by atoms with Crippen molar-refractivity contribution in [2.24, 2.45) is 34.5 Å². The molecule has 7 atom stereocenters. The normalized spacial score (nSPS) is 37.3. The van der Waals surface area contributed by atoms with Gasteiger partial charge in [0.05, 0.1) is 16.8 Å². The van der Waals surface area contributed by atoms with E-state index in [1.807, 2.05) is 6.08 Å². The van der Waals surface area contributed by atoms with Gasteiger partial charge in [-0.15, -0.1) is 0 Å². The average Bonchev–Trinajstić information content (AvgIpc) is 3.16. The van der Waals surface area contributed by atoms with Crippen LogP contribution in [-0.2, 0) is 26.7 Å². The molecule has 1 N–H and O–H groups in total. The van der Waals surface area contributed by atoms with Crippen LogP contribution in [0.4, 0.5) is 32.0 Å². The lowest BCUT2D eigenvalue weighted by Crippen LogP contribution is -2.54. The van der Waals surface area contributed by atoms with Crippen molar-refractivity contribution in [1.82, 2.24) is 0 Å². The third kappa shape index (κ3) is 4.44. The Labute approximate surface area is 210 Å². The Bertz CT molecular complexity index is 1140. The molecule has 37 heavy (non-hydrogen) atoms. The van der Waals surface area contributed by atoms with Gasteiger partial charge in [-0.3, -0.25) is 4.79 Å². The second-order valence-electron chi connectivity index (χ2n) is 11.7. The molecule has 1 aliphatic heterocycles. The van der Waals surface area contributed by atoms with Crippen LogP contribution in [0, 0.1) is 34.5 Å². The van der Waals surface area contributed by atoms with Gasteiger partial charge in [0, 0.05) is 17.4 Å². The number of rotatable bonds is 2. The maximum absolute atomic E-state index is 13.6. The van der Waals surface area contributed by atoms with Gasteiger partial charge in [0.2, 0.25) is 5.91 Å². The van der Waals surface area contributed by atoms with Gasteiger partial charge in [0.1, 0.15) is 6.10 Å². The molecule has 5 rings (SSSR count). The van der Waals surface area contributed by atoms with E-state index in [1.54, 1.807) is 0 Å². The number of hydrogen-bond acceptors (Lipinski definition) is 3. The highest BCUT2D eigenvalue weighted by Crippen LogP contribution is 2.64. The maximum atomic E-state index is 13.6. The van der Waals surface area contributed by atoms with Crippen molar-refractivity contribution in [1.29, 1.82) is 0 Å². The number of hydrogen-bond donors (Lipinski definition) is 1. The van der Waals surface area contributed by atoms with Crippen LogP contribution in [0.25, 0.3) is 0 Å². The van der Waals surface area contributed by atoms with Gasteiger partial charge in [0.15, 0.2) is 0 Å². The first kappa shape index (κ1) is 26.1. The summed E-state index contributed by atoms with van der Waals surface area (Å²) in [6, 6.07) is 1.27. The van der Waals surface area contributed by atoms with Crippen molar-refractivity contribution in [3.05, 3.63) is 41.5 Å². The molecular formula is C27H29F6NO3. The van der Waals surface area contributed by atoms with Crippen LogP contribution >= 0.6 is 0 Å². The summed E-state index contributed by atoms with van der Waals surface area (Å²) in [5.41, 5.74) is -4.04. The highest BCUT2D eigenvalue weighted by Gasteiger charge is 2.60. The van der Waals surface area contributed by atoms with Crippen LogP contribution in [0.5, 0.6) is 0 Å². The third-order valence-corrected chi connectivity index (χ3v) is 9.58. The van der Waals surface area contributed by atoms with Crippen LogP contribution < -0.4 is 5.32 Å². The van der Waals surface area contributed by atoms with Gasteiger partial charge in [-0.05, 0) is 79.9 Å². The monoisotopic (exact) mass is 529 g/mol. The number of alkyl halides is 6. The van der Waals surface area contributed by atoms with E-state index in [0.717, 1.165) is 25.7 Å². The second-order valence-corrected chi connectivity index (χ2v) is 11.7. The van der Waals surface area contributed by atoms with E-state index in [1.165, 1.54) is 6.08 Å². The van der Waals surface area contributed by atoms with Crippen molar-refractivity contribution >= 4 is 17.6 Å². The van der Waals surface area contributed by atoms with Crippen molar-refractivity contribution in [2.45, 2.75) is 70.8 Å². The fourth-order valence-corrected chi connectivity index (χ4v) is 7.76. The summed E-state index contributed by atoms with van der Waals surface area (Å²) < 4.78 is 85.4. The summed E-state index contributed by atoms with van der Waals surface area (Å²) >= 11 is 0. The predicted octanol–water partition coefficient (Wildman–Crippen LogP) is 7.00. The zero-order valence-electron chi connectivity index (χ0n) is 20.5. The zero-order valence-corrected chi connectivity index (χ0v) is 20.5. The fourth-order valence-electron chi connectivity index (χ4n) is 7.76. The highest BCUT2D eigenvalue weighted by molar-refractivity contribution is 5.93. The number of amides is 1. The number of carbonyl (C=O) groups is 2. The number of nitrogens with one attached hydrogen (secondary N) is 1. The number of benzene rings is 1. The first-order valence-electron chi connectivity index (χ1n) is 12.6. The second kappa shape index (κ2) is 8.50.